The summed E-state index contributed by atoms with van der Waals surface area (Å²) < 4.78 is 5.99. The van der Waals surface area contributed by atoms with Gasteiger partial charge in [-0.25, -0.2) is 0 Å². The molecule has 1 N–H and O–H groups in total. The van der Waals surface area contributed by atoms with Gasteiger partial charge in [-0.3, -0.25) is 9.69 Å². The minimum absolute atomic E-state index is 0.0721. The fraction of sp³-hybridized carbons (Fsp3) is 0.500. The Morgan fingerprint density at radius 3 is 2.76 bits per heavy atom. The number of carbonyl (C=O) groups excluding carboxylic acids is 1. The van der Waals surface area contributed by atoms with Crippen LogP contribution in [-0.4, -0.2) is 36.2 Å². The minimum atomic E-state index is -0.285. The molecule has 1 aromatic carbocycles. The first-order valence-electron chi connectivity index (χ1n) is 7.16. The van der Waals surface area contributed by atoms with Crippen molar-refractivity contribution in [3.63, 3.8) is 0 Å². The van der Waals surface area contributed by atoms with E-state index in [1.54, 1.807) is 0 Å². The van der Waals surface area contributed by atoms with Crippen molar-refractivity contribution >= 4 is 5.91 Å². The Labute approximate surface area is 125 Å². The van der Waals surface area contributed by atoms with E-state index in [0.717, 1.165) is 18.4 Å². The van der Waals surface area contributed by atoms with Crippen molar-refractivity contribution in [3.8, 4) is 6.07 Å². The number of likely N-dealkylation sites (N-methyl/N-ethyl adjacent to an activating group) is 1. The standard InChI is InChI=1S/C16H21N3O2/c1-12(20)18-15-9-8-14(10-17)19(2)16(15)21-11-13-6-4-3-5-7-13/h3-7,14-16H,8-9,11H2,1-2H3,(H,18,20)/t14-,15+,16?/m0/s1. The first kappa shape index (κ1) is 15.5. The highest BCUT2D eigenvalue weighted by atomic mass is 16.5. The summed E-state index contributed by atoms with van der Waals surface area (Å²) in [7, 11) is 1.87. The maximum absolute atomic E-state index is 11.3. The van der Waals surface area contributed by atoms with Gasteiger partial charge in [0.1, 0.15) is 6.23 Å². The number of amides is 1. The number of likely N-dealkylation sites (tertiary alicyclic amines) is 1. The number of hydrogen-bond acceptors (Lipinski definition) is 4. The first-order valence-corrected chi connectivity index (χ1v) is 7.16. The van der Waals surface area contributed by atoms with Crippen molar-refractivity contribution in [1.29, 1.82) is 5.26 Å². The van der Waals surface area contributed by atoms with Crippen molar-refractivity contribution in [1.82, 2.24) is 10.2 Å². The van der Waals surface area contributed by atoms with Gasteiger partial charge < -0.3 is 10.1 Å². The van der Waals surface area contributed by atoms with Crippen LogP contribution in [0.1, 0.15) is 25.3 Å². The summed E-state index contributed by atoms with van der Waals surface area (Å²) in [5, 5.41) is 12.1. The largest absolute Gasteiger partial charge is 0.356 e. The average molecular weight is 287 g/mol. The number of rotatable bonds is 4. The van der Waals surface area contributed by atoms with Crippen LogP contribution in [0.25, 0.3) is 0 Å². The van der Waals surface area contributed by atoms with Crippen molar-refractivity contribution < 1.29 is 9.53 Å². The van der Waals surface area contributed by atoms with Gasteiger partial charge in [-0.05, 0) is 25.5 Å². The van der Waals surface area contributed by atoms with E-state index in [9.17, 15) is 10.1 Å². The van der Waals surface area contributed by atoms with Gasteiger partial charge >= 0.3 is 0 Å². The van der Waals surface area contributed by atoms with Gasteiger partial charge in [0, 0.05) is 6.92 Å². The fourth-order valence-electron chi connectivity index (χ4n) is 2.69. The van der Waals surface area contributed by atoms with Crippen LogP contribution in [-0.2, 0) is 16.1 Å². The maximum Gasteiger partial charge on any atom is 0.217 e. The van der Waals surface area contributed by atoms with E-state index in [-0.39, 0.29) is 24.2 Å². The minimum Gasteiger partial charge on any atom is -0.356 e. The molecule has 1 unspecified atom stereocenters. The molecular formula is C16H21N3O2. The second-order valence-electron chi connectivity index (χ2n) is 5.38. The highest BCUT2D eigenvalue weighted by Crippen LogP contribution is 2.23. The Kier molecular flexibility index (Phi) is 5.32. The molecule has 1 amide bonds. The smallest absolute Gasteiger partial charge is 0.217 e. The normalized spacial score (nSPS) is 26.0. The van der Waals surface area contributed by atoms with Gasteiger partial charge in [-0.15, -0.1) is 0 Å². The molecule has 1 aromatic rings. The Morgan fingerprint density at radius 1 is 1.43 bits per heavy atom. The van der Waals surface area contributed by atoms with E-state index in [2.05, 4.69) is 11.4 Å². The van der Waals surface area contributed by atoms with Crippen molar-refractivity contribution in [2.45, 2.75) is 44.7 Å². The summed E-state index contributed by atoms with van der Waals surface area (Å²) in [6.07, 6.45) is 1.21. The molecule has 0 aromatic heterocycles. The van der Waals surface area contributed by atoms with Gasteiger partial charge in [-0.1, -0.05) is 30.3 Å². The molecule has 0 bridgehead atoms. The summed E-state index contributed by atoms with van der Waals surface area (Å²) in [4.78, 5) is 13.2. The van der Waals surface area contributed by atoms with Crippen LogP contribution < -0.4 is 5.32 Å². The molecule has 21 heavy (non-hydrogen) atoms. The molecule has 1 saturated heterocycles. The third-order valence-electron chi connectivity index (χ3n) is 3.79. The quantitative estimate of drug-likeness (QED) is 0.914. The van der Waals surface area contributed by atoms with Gasteiger partial charge in [0.25, 0.3) is 0 Å². The van der Waals surface area contributed by atoms with Crippen LogP contribution in [0.2, 0.25) is 0 Å². The molecule has 3 atom stereocenters. The molecule has 1 aliphatic rings. The molecule has 0 saturated carbocycles. The summed E-state index contributed by atoms with van der Waals surface area (Å²) in [6, 6.07) is 11.9. The predicted octanol–water partition coefficient (Wildman–Crippen LogP) is 1.65. The number of nitriles is 1. The zero-order chi connectivity index (χ0) is 15.2. The van der Waals surface area contributed by atoms with Crippen LogP contribution in [0.5, 0.6) is 0 Å². The molecule has 1 heterocycles. The number of nitrogens with one attached hydrogen (secondary N) is 1. The van der Waals surface area contributed by atoms with Crippen LogP contribution >= 0.6 is 0 Å². The van der Waals surface area contributed by atoms with Crippen LogP contribution in [0.3, 0.4) is 0 Å². The summed E-state index contributed by atoms with van der Waals surface area (Å²) >= 11 is 0. The summed E-state index contributed by atoms with van der Waals surface area (Å²) in [5.41, 5.74) is 1.08. The van der Waals surface area contributed by atoms with E-state index in [1.165, 1.54) is 6.92 Å². The molecule has 1 aliphatic heterocycles. The van der Waals surface area contributed by atoms with E-state index < -0.39 is 0 Å². The van der Waals surface area contributed by atoms with Gasteiger partial charge in [-0.2, -0.15) is 5.26 Å². The summed E-state index contributed by atoms with van der Waals surface area (Å²) in [5.74, 6) is -0.0721. The lowest BCUT2D eigenvalue weighted by Crippen LogP contribution is -2.57. The zero-order valence-electron chi connectivity index (χ0n) is 12.5. The average Bonchev–Trinajstić information content (AvgIpc) is 2.47. The number of nitrogens with zero attached hydrogens (tertiary/aromatic N) is 2. The highest BCUT2D eigenvalue weighted by molar-refractivity contribution is 5.73. The number of hydrogen-bond donors (Lipinski definition) is 1. The monoisotopic (exact) mass is 287 g/mol. The Morgan fingerprint density at radius 2 is 2.14 bits per heavy atom. The zero-order valence-corrected chi connectivity index (χ0v) is 12.5. The molecule has 5 heteroatoms. The molecule has 5 nitrogen and oxygen atoms in total. The van der Waals surface area contributed by atoms with Crippen molar-refractivity contribution in [3.05, 3.63) is 35.9 Å². The first-order chi connectivity index (χ1) is 10.1. The molecule has 1 fully saturated rings. The Bertz CT molecular complexity index is 512. The maximum atomic E-state index is 11.3. The Hall–Kier alpha value is -1.90. The third-order valence-corrected chi connectivity index (χ3v) is 3.79. The van der Waals surface area contributed by atoms with Crippen LogP contribution in [0.15, 0.2) is 30.3 Å². The lowest BCUT2D eigenvalue weighted by atomic mass is 9.97. The molecule has 0 aliphatic carbocycles. The molecule has 0 spiro atoms. The van der Waals surface area contributed by atoms with Gasteiger partial charge in [0.15, 0.2) is 0 Å². The van der Waals surface area contributed by atoms with E-state index in [1.807, 2.05) is 42.3 Å². The second kappa shape index (κ2) is 7.21. The Balaban J connectivity index is 2.05. The molecular weight excluding hydrogens is 266 g/mol. The SMILES string of the molecule is CC(=O)N[C@@H]1CC[C@@H](C#N)N(C)C1OCc1ccccc1. The molecule has 112 valence electrons. The number of piperidine rings is 1. The van der Waals surface area contributed by atoms with Gasteiger partial charge in [0.2, 0.25) is 5.91 Å². The van der Waals surface area contributed by atoms with E-state index in [4.69, 9.17) is 4.74 Å². The van der Waals surface area contributed by atoms with E-state index >= 15 is 0 Å². The molecule has 0 radical (unpaired) electrons. The summed E-state index contributed by atoms with van der Waals surface area (Å²) in [6.45, 7) is 1.97. The third kappa shape index (κ3) is 4.03. The number of carbonyl (C=O) groups is 1. The van der Waals surface area contributed by atoms with Crippen molar-refractivity contribution in [2.75, 3.05) is 7.05 Å². The van der Waals surface area contributed by atoms with Crippen LogP contribution in [0, 0.1) is 11.3 Å². The lowest BCUT2D eigenvalue weighted by Gasteiger charge is -2.41. The predicted molar refractivity (Wildman–Crippen MR) is 79.0 cm³/mol. The van der Waals surface area contributed by atoms with E-state index in [0.29, 0.717) is 6.61 Å². The molecule has 2 rings (SSSR count). The van der Waals surface area contributed by atoms with Crippen molar-refractivity contribution in [2.24, 2.45) is 0 Å². The highest BCUT2D eigenvalue weighted by Gasteiger charge is 2.36. The lowest BCUT2D eigenvalue weighted by molar-refractivity contribution is -0.130. The number of ether oxygens (including phenoxy) is 1. The second-order valence-corrected chi connectivity index (χ2v) is 5.38. The fourth-order valence-corrected chi connectivity index (χ4v) is 2.69. The number of benzene rings is 1. The van der Waals surface area contributed by atoms with Gasteiger partial charge in [0.05, 0.1) is 24.8 Å². The van der Waals surface area contributed by atoms with Crippen LogP contribution in [0.4, 0.5) is 0 Å². The topological polar surface area (TPSA) is 65.4 Å².